The van der Waals surface area contributed by atoms with Crippen molar-refractivity contribution in [2.45, 2.75) is 17.0 Å². The van der Waals surface area contributed by atoms with Crippen molar-refractivity contribution in [2.24, 2.45) is 10.9 Å². The molecule has 7 heteroatoms. The molecule has 2 aromatic rings. The fourth-order valence-corrected chi connectivity index (χ4v) is 3.26. The van der Waals surface area contributed by atoms with Crippen molar-refractivity contribution < 1.29 is 9.60 Å². The van der Waals surface area contributed by atoms with E-state index in [0.717, 1.165) is 15.6 Å². The number of hydrogen-bond acceptors (Lipinski definition) is 5. The summed E-state index contributed by atoms with van der Waals surface area (Å²) in [5, 5.41) is 13.4. The minimum atomic E-state index is -0.407. The maximum Gasteiger partial charge on any atom is 0.170 e. The third-order valence-electron chi connectivity index (χ3n) is 2.32. The lowest BCUT2D eigenvalue weighted by Gasteiger charge is -2.04. The number of thiazole rings is 1. The second kappa shape index (κ2) is 6.03. The molecule has 4 nitrogen and oxygen atoms in total. The minimum absolute atomic E-state index is 0.101. The molecule has 0 fully saturated rings. The van der Waals surface area contributed by atoms with Crippen molar-refractivity contribution in [1.82, 2.24) is 4.98 Å². The molecule has 3 N–H and O–H groups in total. The molecule has 0 radical (unpaired) electrons. The summed E-state index contributed by atoms with van der Waals surface area (Å²) in [5.74, 6) is 0.0713. The van der Waals surface area contributed by atoms with E-state index >= 15 is 0 Å². The molecule has 0 saturated heterocycles. The van der Waals surface area contributed by atoms with Crippen LogP contribution in [0.1, 0.15) is 16.8 Å². The van der Waals surface area contributed by atoms with Crippen molar-refractivity contribution in [3.63, 3.8) is 0 Å². The van der Waals surface area contributed by atoms with Gasteiger partial charge in [0.1, 0.15) is 10.2 Å². The van der Waals surface area contributed by atoms with Gasteiger partial charge in [-0.3, -0.25) is 0 Å². The molecule has 0 aliphatic rings. The maximum atomic E-state index is 13.4. The number of nitrogens with two attached hydrogens (primary N) is 1. The maximum absolute atomic E-state index is 13.4. The van der Waals surface area contributed by atoms with Gasteiger partial charge in [-0.1, -0.05) is 16.9 Å². The first-order valence-corrected chi connectivity index (χ1v) is 7.27. The van der Waals surface area contributed by atoms with Crippen molar-refractivity contribution in [2.75, 3.05) is 0 Å². The number of rotatable bonds is 4. The van der Waals surface area contributed by atoms with Crippen molar-refractivity contribution in [1.29, 1.82) is 0 Å². The summed E-state index contributed by atoms with van der Waals surface area (Å²) in [6.45, 7) is 1.93. The Hall–Kier alpha value is -1.60. The number of amidine groups is 1. The number of hydrogen-bond donors (Lipinski definition) is 2. The van der Waals surface area contributed by atoms with E-state index < -0.39 is 5.82 Å². The molecular formula is C12H12FN3OS2. The molecular weight excluding hydrogens is 285 g/mol. The zero-order valence-corrected chi connectivity index (χ0v) is 11.8. The van der Waals surface area contributed by atoms with Crippen LogP contribution >= 0.6 is 23.1 Å². The molecule has 0 aliphatic carbocycles. The smallest absolute Gasteiger partial charge is 0.170 e. The number of aromatic nitrogens is 1. The van der Waals surface area contributed by atoms with Gasteiger partial charge in [0.15, 0.2) is 5.84 Å². The Morgan fingerprint density at radius 2 is 2.32 bits per heavy atom. The van der Waals surface area contributed by atoms with E-state index in [2.05, 4.69) is 10.1 Å². The molecule has 0 bridgehead atoms. The van der Waals surface area contributed by atoms with Gasteiger partial charge in [0.05, 0.1) is 0 Å². The highest BCUT2D eigenvalue weighted by atomic mass is 32.2. The molecule has 0 saturated carbocycles. The van der Waals surface area contributed by atoms with Gasteiger partial charge >= 0.3 is 0 Å². The van der Waals surface area contributed by atoms with Gasteiger partial charge in [-0.15, -0.1) is 11.3 Å². The first kappa shape index (κ1) is 13.8. The first-order valence-electron chi connectivity index (χ1n) is 5.41. The van der Waals surface area contributed by atoms with Gasteiger partial charge in [-0.2, -0.15) is 0 Å². The van der Waals surface area contributed by atoms with E-state index in [1.165, 1.54) is 23.9 Å². The predicted molar refractivity (Wildman–Crippen MR) is 75.3 cm³/mol. The Bertz CT molecular complexity index is 613. The van der Waals surface area contributed by atoms with Gasteiger partial charge < -0.3 is 10.9 Å². The summed E-state index contributed by atoms with van der Waals surface area (Å²) < 4.78 is 14.4. The van der Waals surface area contributed by atoms with E-state index in [0.29, 0.717) is 11.3 Å². The number of nitrogens with zero attached hydrogens (tertiary/aromatic N) is 2. The lowest BCUT2D eigenvalue weighted by atomic mass is 10.1. The SMILES string of the molecule is Cc1csc(SCc2cc(F)cc(/C(N)=N/O)c2)n1. The molecule has 1 aromatic heterocycles. The fraction of sp³-hybridized carbons (Fsp3) is 0.167. The lowest BCUT2D eigenvalue weighted by molar-refractivity contribution is 0.318. The molecule has 0 atom stereocenters. The zero-order chi connectivity index (χ0) is 13.8. The number of benzene rings is 1. The van der Waals surface area contributed by atoms with E-state index in [-0.39, 0.29) is 5.84 Å². The number of oxime groups is 1. The standard InChI is InChI=1S/C12H12FN3OS2/c1-7-5-18-12(15-7)19-6-8-2-9(11(14)16-17)4-10(13)3-8/h2-5,17H,6H2,1H3,(H2,14,16). The molecule has 0 unspecified atom stereocenters. The second-order valence-electron chi connectivity index (χ2n) is 3.88. The summed E-state index contributed by atoms with van der Waals surface area (Å²) in [6.07, 6.45) is 0. The normalized spacial score (nSPS) is 11.8. The third kappa shape index (κ3) is 3.68. The van der Waals surface area contributed by atoms with Gasteiger partial charge in [-0.05, 0) is 30.7 Å². The van der Waals surface area contributed by atoms with Crippen LogP contribution in [0.25, 0.3) is 0 Å². The van der Waals surface area contributed by atoms with Gasteiger partial charge in [0.2, 0.25) is 0 Å². The van der Waals surface area contributed by atoms with Crippen LogP contribution in [0.4, 0.5) is 4.39 Å². The molecule has 0 aliphatic heterocycles. The van der Waals surface area contributed by atoms with E-state index in [1.54, 1.807) is 17.4 Å². The number of thioether (sulfide) groups is 1. The van der Waals surface area contributed by atoms with Crippen LogP contribution < -0.4 is 5.73 Å². The molecule has 1 aromatic carbocycles. The first-order chi connectivity index (χ1) is 9.08. The van der Waals surface area contributed by atoms with E-state index in [4.69, 9.17) is 10.9 Å². The lowest BCUT2D eigenvalue weighted by Crippen LogP contribution is -2.13. The van der Waals surface area contributed by atoms with Crippen molar-refractivity contribution in [3.05, 3.63) is 46.2 Å². The van der Waals surface area contributed by atoms with Crippen LogP contribution in [0.3, 0.4) is 0 Å². The summed E-state index contributed by atoms with van der Waals surface area (Å²) in [4.78, 5) is 4.32. The highest BCUT2D eigenvalue weighted by molar-refractivity contribution is 8.00. The molecule has 1 heterocycles. The summed E-state index contributed by atoms with van der Waals surface area (Å²) in [6, 6.07) is 4.37. The molecule has 100 valence electrons. The Morgan fingerprint density at radius 3 is 2.95 bits per heavy atom. The van der Waals surface area contributed by atoms with Crippen LogP contribution in [0.2, 0.25) is 0 Å². The Labute approximate surface area is 118 Å². The Balaban J connectivity index is 2.14. The van der Waals surface area contributed by atoms with Gasteiger partial charge in [0, 0.05) is 22.4 Å². The average Bonchev–Trinajstić information content (AvgIpc) is 2.80. The quantitative estimate of drug-likeness (QED) is 0.299. The van der Waals surface area contributed by atoms with Crippen LogP contribution in [0, 0.1) is 12.7 Å². The predicted octanol–water partition coefficient (Wildman–Crippen LogP) is 2.98. The van der Waals surface area contributed by atoms with Gasteiger partial charge in [-0.25, -0.2) is 9.37 Å². The molecule has 19 heavy (non-hydrogen) atoms. The van der Waals surface area contributed by atoms with Gasteiger partial charge in [0.25, 0.3) is 0 Å². The van der Waals surface area contributed by atoms with Crippen molar-refractivity contribution >= 4 is 28.9 Å². The van der Waals surface area contributed by atoms with Crippen LogP contribution in [0.15, 0.2) is 33.1 Å². The highest BCUT2D eigenvalue weighted by Crippen LogP contribution is 2.26. The van der Waals surface area contributed by atoms with Crippen LogP contribution in [-0.4, -0.2) is 16.0 Å². The van der Waals surface area contributed by atoms with E-state index in [9.17, 15) is 4.39 Å². The monoisotopic (exact) mass is 297 g/mol. The summed E-state index contributed by atoms with van der Waals surface area (Å²) in [5.41, 5.74) is 7.57. The largest absolute Gasteiger partial charge is 0.409 e. The average molecular weight is 297 g/mol. The third-order valence-corrected chi connectivity index (χ3v) is 4.53. The highest BCUT2D eigenvalue weighted by Gasteiger charge is 2.06. The number of aryl methyl sites for hydroxylation is 1. The Kier molecular flexibility index (Phi) is 4.39. The summed E-state index contributed by atoms with van der Waals surface area (Å²) >= 11 is 3.09. The second-order valence-corrected chi connectivity index (χ2v) is 5.96. The fourth-order valence-electron chi connectivity index (χ4n) is 1.48. The Morgan fingerprint density at radius 1 is 1.53 bits per heavy atom. The van der Waals surface area contributed by atoms with Crippen LogP contribution in [-0.2, 0) is 5.75 Å². The molecule has 2 rings (SSSR count). The number of halogens is 1. The molecule has 0 amide bonds. The van der Waals surface area contributed by atoms with Crippen molar-refractivity contribution in [3.8, 4) is 0 Å². The van der Waals surface area contributed by atoms with Crippen LogP contribution in [0.5, 0.6) is 0 Å². The van der Waals surface area contributed by atoms with E-state index in [1.807, 2.05) is 12.3 Å². The topological polar surface area (TPSA) is 71.5 Å². The zero-order valence-electron chi connectivity index (χ0n) is 10.1. The molecule has 0 spiro atoms. The summed E-state index contributed by atoms with van der Waals surface area (Å²) in [7, 11) is 0. The minimum Gasteiger partial charge on any atom is -0.409 e.